The SMILES string of the molecule is CCN(CC)c1cccc(C)c1C(=O)O. The van der Waals surface area contributed by atoms with Gasteiger partial charge in [0, 0.05) is 13.1 Å². The van der Waals surface area contributed by atoms with Gasteiger partial charge in [-0.05, 0) is 32.4 Å². The first-order valence-electron chi connectivity index (χ1n) is 5.19. The molecule has 1 aromatic carbocycles. The second-order valence-electron chi connectivity index (χ2n) is 3.45. The van der Waals surface area contributed by atoms with E-state index in [1.165, 1.54) is 0 Å². The van der Waals surface area contributed by atoms with Gasteiger partial charge < -0.3 is 10.0 Å². The Labute approximate surface area is 90.3 Å². The van der Waals surface area contributed by atoms with Gasteiger partial charge in [-0.3, -0.25) is 0 Å². The average Bonchev–Trinajstić information content (AvgIpc) is 2.19. The first-order chi connectivity index (χ1) is 7.11. The highest BCUT2D eigenvalue weighted by molar-refractivity contribution is 5.96. The van der Waals surface area contributed by atoms with Gasteiger partial charge in [0.25, 0.3) is 0 Å². The predicted molar refractivity (Wildman–Crippen MR) is 61.7 cm³/mol. The molecule has 82 valence electrons. The zero-order valence-electron chi connectivity index (χ0n) is 9.45. The van der Waals surface area contributed by atoms with Crippen molar-refractivity contribution in [2.45, 2.75) is 20.8 Å². The number of benzene rings is 1. The second kappa shape index (κ2) is 4.82. The van der Waals surface area contributed by atoms with Gasteiger partial charge in [-0.2, -0.15) is 0 Å². The van der Waals surface area contributed by atoms with E-state index in [-0.39, 0.29) is 0 Å². The summed E-state index contributed by atoms with van der Waals surface area (Å²) >= 11 is 0. The molecule has 1 aromatic rings. The summed E-state index contributed by atoms with van der Waals surface area (Å²) in [6, 6.07) is 5.59. The van der Waals surface area contributed by atoms with Crippen molar-refractivity contribution in [1.82, 2.24) is 0 Å². The Morgan fingerprint density at radius 3 is 2.40 bits per heavy atom. The molecule has 0 unspecified atom stereocenters. The molecule has 15 heavy (non-hydrogen) atoms. The maximum Gasteiger partial charge on any atom is 0.338 e. The Hall–Kier alpha value is -1.51. The van der Waals surface area contributed by atoms with Crippen LogP contribution in [0.1, 0.15) is 29.8 Å². The number of aryl methyl sites for hydroxylation is 1. The van der Waals surface area contributed by atoms with E-state index in [4.69, 9.17) is 5.11 Å². The summed E-state index contributed by atoms with van der Waals surface area (Å²) in [5, 5.41) is 9.16. The molecule has 1 rings (SSSR count). The van der Waals surface area contributed by atoms with Crippen LogP contribution in [0.3, 0.4) is 0 Å². The lowest BCUT2D eigenvalue weighted by atomic mass is 10.1. The van der Waals surface area contributed by atoms with Crippen LogP contribution in [-0.4, -0.2) is 24.2 Å². The highest BCUT2D eigenvalue weighted by Crippen LogP contribution is 2.23. The van der Waals surface area contributed by atoms with Gasteiger partial charge in [0.2, 0.25) is 0 Å². The molecule has 0 spiro atoms. The van der Waals surface area contributed by atoms with Gasteiger partial charge >= 0.3 is 5.97 Å². The molecule has 0 heterocycles. The van der Waals surface area contributed by atoms with E-state index in [1.807, 2.05) is 39.0 Å². The second-order valence-corrected chi connectivity index (χ2v) is 3.45. The van der Waals surface area contributed by atoms with Crippen LogP contribution in [0, 0.1) is 6.92 Å². The third kappa shape index (κ3) is 2.29. The third-order valence-electron chi connectivity index (χ3n) is 2.57. The number of carboxylic acids is 1. The number of carbonyl (C=O) groups is 1. The molecular weight excluding hydrogens is 190 g/mol. The molecule has 0 amide bonds. The van der Waals surface area contributed by atoms with Crippen LogP contribution in [0.2, 0.25) is 0 Å². The smallest absolute Gasteiger partial charge is 0.338 e. The molecule has 1 N–H and O–H groups in total. The molecule has 0 saturated heterocycles. The molecule has 0 aliphatic carbocycles. The van der Waals surface area contributed by atoms with Gasteiger partial charge in [0.05, 0.1) is 11.3 Å². The van der Waals surface area contributed by atoms with Crippen LogP contribution in [0.15, 0.2) is 18.2 Å². The molecule has 0 aliphatic heterocycles. The minimum Gasteiger partial charge on any atom is -0.478 e. The summed E-state index contributed by atoms with van der Waals surface area (Å²) in [7, 11) is 0. The standard InChI is InChI=1S/C12H17NO2/c1-4-13(5-2)10-8-6-7-9(3)11(10)12(14)15/h6-8H,4-5H2,1-3H3,(H,14,15). The van der Waals surface area contributed by atoms with Crippen LogP contribution in [0.5, 0.6) is 0 Å². The van der Waals surface area contributed by atoms with Gasteiger partial charge in [-0.15, -0.1) is 0 Å². The topological polar surface area (TPSA) is 40.5 Å². The zero-order valence-corrected chi connectivity index (χ0v) is 9.45. The Kier molecular flexibility index (Phi) is 3.72. The Bertz CT molecular complexity index is 357. The lowest BCUT2D eigenvalue weighted by molar-refractivity contribution is 0.0697. The maximum absolute atomic E-state index is 11.2. The summed E-state index contributed by atoms with van der Waals surface area (Å²) < 4.78 is 0. The van der Waals surface area contributed by atoms with Crippen molar-refractivity contribution in [2.75, 3.05) is 18.0 Å². The average molecular weight is 207 g/mol. The molecular formula is C12H17NO2. The highest BCUT2D eigenvalue weighted by atomic mass is 16.4. The number of aromatic carboxylic acids is 1. The fourth-order valence-corrected chi connectivity index (χ4v) is 1.76. The molecule has 3 nitrogen and oxygen atoms in total. The van der Waals surface area contributed by atoms with E-state index in [0.717, 1.165) is 24.3 Å². The quantitative estimate of drug-likeness (QED) is 0.824. The maximum atomic E-state index is 11.2. The first kappa shape index (κ1) is 11.6. The van der Waals surface area contributed by atoms with Gasteiger partial charge in [0.1, 0.15) is 0 Å². The van der Waals surface area contributed by atoms with Crippen LogP contribution in [-0.2, 0) is 0 Å². The summed E-state index contributed by atoms with van der Waals surface area (Å²) in [5.41, 5.74) is 2.04. The fourth-order valence-electron chi connectivity index (χ4n) is 1.76. The molecule has 0 aromatic heterocycles. The molecule has 3 heteroatoms. The third-order valence-corrected chi connectivity index (χ3v) is 2.57. The summed E-state index contributed by atoms with van der Waals surface area (Å²) in [6.07, 6.45) is 0. The van der Waals surface area contributed by atoms with Gasteiger partial charge in [-0.25, -0.2) is 4.79 Å². The van der Waals surface area contributed by atoms with Crippen molar-refractivity contribution in [3.63, 3.8) is 0 Å². The van der Waals surface area contributed by atoms with Crippen molar-refractivity contribution in [2.24, 2.45) is 0 Å². The minimum absolute atomic E-state index is 0.418. The van der Waals surface area contributed by atoms with E-state index < -0.39 is 5.97 Å². The lowest BCUT2D eigenvalue weighted by Crippen LogP contribution is -2.24. The van der Waals surface area contributed by atoms with E-state index in [9.17, 15) is 4.79 Å². The minimum atomic E-state index is -0.852. The van der Waals surface area contributed by atoms with E-state index in [0.29, 0.717) is 5.56 Å². The first-order valence-corrected chi connectivity index (χ1v) is 5.19. The molecule has 0 bridgehead atoms. The van der Waals surface area contributed by atoms with Crippen LogP contribution >= 0.6 is 0 Å². The summed E-state index contributed by atoms with van der Waals surface area (Å²) in [4.78, 5) is 13.2. The molecule has 0 saturated carbocycles. The molecule has 0 aliphatic rings. The molecule has 0 radical (unpaired) electrons. The van der Waals surface area contributed by atoms with Gasteiger partial charge in [-0.1, -0.05) is 12.1 Å². The lowest BCUT2D eigenvalue weighted by Gasteiger charge is -2.23. The van der Waals surface area contributed by atoms with Crippen molar-refractivity contribution in [1.29, 1.82) is 0 Å². The van der Waals surface area contributed by atoms with Crippen molar-refractivity contribution >= 4 is 11.7 Å². The fraction of sp³-hybridized carbons (Fsp3) is 0.417. The number of rotatable bonds is 4. The normalized spacial score (nSPS) is 10.1. The van der Waals surface area contributed by atoms with Crippen molar-refractivity contribution in [3.05, 3.63) is 29.3 Å². The van der Waals surface area contributed by atoms with Gasteiger partial charge in [0.15, 0.2) is 0 Å². The molecule has 0 atom stereocenters. The van der Waals surface area contributed by atoms with Crippen LogP contribution < -0.4 is 4.90 Å². The summed E-state index contributed by atoms with van der Waals surface area (Å²) in [6.45, 7) is 7.52. The van der Waals surface area contributed by atoms with E-state index in [1.54, 1.807) is 0 Å². The Balaban J connectivity index is 3.27. The number of nitrogens with zero attached hydrogens (tertiary/aromatic N) is 1. The van der Waals surface area contributed by atoms with Crippen molar-refractivity contribution < 1.29 is 9.90 Å². The zero-order chi connectivity index (χ0) is 11.4. The molecule has 0 fully saturated rings. The number of hydrogen-bond donors (Lipinski definition) is 1. The summed E-state index contributed by atoms with van der Waals surface area (Å²) in [5.74, 6) is -0.852. The largest absolute Gasteiger partial charge is 0.478 e. The van der Waals surface area contributed by atoms with E-state index in [2.05, 4.69) is 4.90 Å². The Morgan fingerprint density at radius 1 is 1.33 bits per heavy atom. The van der Waals surface area contributed by atoms with Crippen LogP contribution in [0.4, 0.5) is 5.69 Å². The number of carboxylic acid groups (broad SMARTS) is 1. The van der Waals surface area contributed by atoms with Crippen LogP contribution in [0.25, 0.3) is 0 Å². The van der Waals surface area contributed by atoms with Crippen molar-refractivity contribution in [3.8, 4) is 0 Å². The number of anilines is 1. The highest BCUT2D eigenvalue weighted by Gasteiger charge is 2.15. The Morgan fingerprint density at radius 2 is 1.93 bits per heavy atom. The monoisotopic (exact) mass is 207 g/mol. The predicted octanol–water partition coefficient (Wildman–Crippen LogP) is 2.54. The number of hydrogen-bond acceptors (Lipinski definition) is 2. The van der Waals surface area contributed by atoms with E-state index >= 15 is 0 Å².